The number of hydrogen-bond donors (Lipinski definition) is 2. The lowest BCUT2D eigenvalue weighted by molar-refractivity contribution is -0.119. The second-order valence-corrected chi connectivity index (χ2v) is 8.16. The van der Waals surface area contributed by atoms with Gasteiger partial charge >= 0.3 is 0 Å². The molecule has 0 aliphatic heterocycles. The highest BCUT2D eigenvalue weighted by Gasteiger charge is 2.13. The molecule has 0 bridgehead atoms. The fourth-order valence-electron chi connectivity index (χ4n) is 3.03. The molecule has 3 rings (SSSR count). The van der Waals surface area contributed by atoms with Crippen molar-refractivity contribution in [3.05, 3.63) is 82.2 Å². The molecule has 146 valence electrons. The van der Waals surface area contributed by atoms with Crippen LogP contribution in [0.1, 0.15) is 46.6 Å². The van der Waals surface area contributed by atoms with Crippen molar-refractivity contribution in [1.82, 2.24) is 15.3 Å². The maximum absolute atomic E-state index is 12.4. The minimum Gasteiger partial charge on any atom is -0.349 e. The summed E-state index contributed by atoms with van der Waals surface area (Å²) in [4.78, 5) is 20.3. The average molecular weight is 394 g/mol. The van der Waals surface area contributed by atoms with Crippen molar-refractivity contribution in [2.24, 2.45) is 0 Å². The van der Waals surface area contributed by atoms with Gasteiger partial charge in [0.05, 0.1) is 17.5 Å². The van der Waals surface area contributed by atoms with Crippen LogP contribution in [0.15, 0.2) is 53.7 Å². The third kappa shape index (κ3) is 5.26. The molecule has 0 saturated heterocycles. The second-order valence-electron chi connectivity index (χ2n) is 7.20. The number of aromatic amines is 1. The standard InChI is InChI=1S/C23H27N3OS/c1-15-10-11-20(12-16(15)2)17(3)24-22(27)14-28-23-25-18(4)21(26-23)13-19-8-6-5-7-9-19/h5-12,17H,13-14H2,1-4H3,(H,24,27)(H,25,26). The summed E-state index contributed by atoms with van der Waals surface area (Å²) in [6.45, 7) is 8.23. The number of carbonyl (C=O) groups is 1. The van der Waals surface area contributed by atoms with E-state index in [2.05, 4.69) is 59.5 Å². The van der Waals surface area contributed by atoms with Gasteiger partial charge in [0, 0.05) is 12.1 Å². The third-order valence-corrected chi connectivity index (χ3v) is 5.80. The lowest BCUT2D eigenvalue weighted by Gasteiger charge is -2.15. The van der Waals surface area contributed by atoms with Crippen LogP contribution in [0.25, 0.3) is 0 Å². The number of amides is 1. The Morgan fingerprint density at radius 2 is 1.86 bits per heavy atom. The summed E-state index contributed by atoms with van der Waals surface area (Å²) in [5.41, 5.74) is 6.93. The first kappa shape index (κ1) is 20.2. The van der Waals surface area contributed by atoms with Crippen LogP contribution in [0.5, 0.6) is 0 Å². The van der Waals surface area contributed by atoms with E-state index >= 15 is 0 Å². The largest absolute Gasteiger partial charge is 0.349 e. The number of carbonyl (C=O) groups excluding carboxylic acids is 1. The average Bonchev–Trinajstić information content (AvgIpc) is 3.02. The van der Waals surface area contributed by atoms with Crippen LogP contribution in [0, 0.1) is 20.8 Å². The Morgan fingerprint density at radius 1 is 1.11 bits per heavy atom. The maximum atomic E-state index is 12.4. The van der Waals surface area contributed by atoms with Gasteiger partial charge in [0.25, 0.3) is 0 Å². The zero-order valence-corrected chi connectivity index (χ0v) is 17.7. The molecule has 0 aliphatic carbocycles. The number of hydrogen-bond acceptors (Lipinski definition) is 3. The molecule has 28 heavy (non-hydrogen) atoms. The first-order valence-electron chi connectivity index (χ1n) is 9.51. The van der Waals surface area contributed by atoms with E-state index in [0.29, 0.717) is 5.75 Å². The summed E-state index contributed by atoms with van der Waals surface area (Å²) in [5.74, 6) is 0.349. The van der Waals surface area contributed by atoms with Crippen molar-refractivity contribution < 1.29 is 4.79 Å². The summed E-state index contributed by atoms with van der Waals surface area (Å²) in [6.07, 6.45) is 0.791. The number of H-pyrrole nitrogens is 1. The highest BCUT2D eigenvalue weighted by atomic mass is 32.2. The molecule has 2 aromatic carbocycles. The predicted octanol–water partition coefficient (Wildman–Crippen LogP) is 4.90. The van der Waals surface area contributed by atoms with Crippen LogP contribution in [0.4, 0.5) is 0 Å². The van der Waals surface area contributed by atoms with E-state index < -0.39 is 0 Å². The number of aromatic nitrogens is 2. The normalized spacial score (nSPS) is 12.0. The summed E-state index contributed by atoms with van der Waals surface area (Å²) in [5, 5.41) is 3.86. The van der Waals surface area contributed by atoms with Gasteiger partial charge in [0.1, 0.15) is 0 Å². The minimum absolute atomic E-state index is 0.00869. The van der Waals surface area contributed by atoms with Gasteiger partial charge in [-0.15, -0.1) is 0 Å². The molecule has 1 unspecified atom stereocenters. The van der Waals surface area contributed by atoms with Crippen LogP contribution < -0.4 is 5.32 Å². The molecule has 1 amide bonds. The summed E-state index contributed by atoms with van der Waals surface area (Å²) in [7, 11) is 0. The lowest BCUT2D eigenvalue weighted by Crippen LogP contribution is -2.28. The van der Waals surface area contributed by atoms with Gasteiger partial charge in [0.15, 0.2) is 5.16 Å². The zero-order valence-electron chi connectivity index (χ0n) is 16.9. The Balaban J connectivity index is 1.54. The van der Waals surface area contributed by atoms with E-state index in [9.17, 15) is 4.79 Å². The fraction of sp³-hybridized carbons (Fsp3) is 0.304. The van der Waals surface area contributed by atoms with Gasteiger partial charge in [0.2, 0.25) is 5.91 Å². The van der Waals surface area contributed by atoms with Gasteiger partial charge < -0.3 is 10.3 Å². The topological polar surface area (TPSA) is 57.8 Å². The number of benzene rings is 2. The number of nitrogens with zero attached hydrogens (tertiary/aromatic N) is 1. The SMILES string of the molecule is Cc1ccc(C(C)NC(=O)CSc2nc(Cc3ccccc3)c(C)[nH]2)cc1C. The van der Waals surface area contributed by atoms with E-state index in [0.717, 1.165) is 28.5 Å². The quantitative estimate of drug-likeness (QED) is 0.562. The third-order valence-electron chi connectivity index (χ3n) is 4.93. The van der Waals surface area contributed by atoms with E-state index in [1.54, 1.807) is 0 Å². The highest BCUT2D eigenvalue weighted by molar-refractivity contribution is 7.99. The second kappa shape index (κ2) is 9.11. The molecule has 1 aromatic heterocycles. The lowest BCUT2D eigenvalue weighted by atomic mass is 10.0. The molecule has 0 spiro atoms. The van der Waals surface area contributed by atoms with Crippen molar-refractivity contribution >= 4 is 17.7 Å². The molecular formula is C23H27N3OS. The monoisotopic (exact) mass is 393 g/mol. The summed E-state index contributed by atoms with van der Waals surface area (Å²) in [6, 6.07) is 16.6. The van der Waals surface area contributed by atoms with Gasteiger partial charge in [-0.2, -0.15) is 0 Å². The van der Waals surface area contributed by atoms with Crippen LogP contribution >= 0.6 is 11.8 Å². The summed E-state index contributed by atoms with van der Waals surface area (Å²) >= 11 is 1.44. The van der Waals surface area contributed by atoms with E-state index in [1.807, 2.05) is 32.0 Å². The van der Waals surface area contributed by atoms with Crippen molar-refractivity contribution in [2.45, 2.75) is 45.3 Å². The Labute approximate surface area is 171 Å². The number of aryl methyl sites for hydroxylation is 3. The Morgan fingerprint density at radius 3 is 2.57 bits per heavy atom. The van der Waals surface area contributed by atoms with E-state index in [1.165, 1.54) is 28.5 Å². The van der Waals surface area contributed by atoms with Crippen LogP contribution in [0.3, 0.4) is 0 Å². The molecule has 0 fully saturated rings. The van der Waals surface area contributed by atoms with E-state index in [4.69, 9.17) is 0 Å². The van der Waals surface area contributed by atoms with Crippen molar-refractivity contribution in [1.29, 1.82) is 0 Å². The van der Waals surface area contributed by atoms with Gasteiger partial charge in [-0.3, -0.25) is 4.79 Å². The molecule has 1 heterocycles. The first-order valence-corrected chi connectivity index (χ1v) is 10.5. The minimum atomic E-state index is -0.0145. The van der Waals surface area contributed by atoms with Crippen LogP contribution in [-0.2, 0) is 11.2 Å². The first-order chi connectivity index (χ1) is 13.4. The number of imidazole rings is 1. The van der Waals surface area contributed by atoms with Crippen molar-refractivity contribution in [2.75, 3.05) is 5.75 Å². The Hall–Kier alpha value is -2.53. The molecule has 0 aliphatic rings. The molecule has 0 saturated carbocycles. The fourth-order valence-corrected chi connectivity index (χ4v) is 3.78. The predicted molar refractivity (Wildman–Crippen MR) is 116 cm³/mol. The summed E-state index contributed by atoms with van der Waals surface area (Å²) < 4.78 is 0. The maximum Gasteiger partial charge on any atom is 0.230 e. The molecule has 1 atom stereocenters. The molecule has 3 aromatic rings. The van der Waals surface area contributed by atoms with E-state index in [-0.39, 0.29) is 11.9 Å². The highest BCUT2D eigenvalue weighted by Crippen LogP contribution is 2.20. The Bertz CT molecular complexity index is 950. The molecule has 0 radical (unpaired) electrons. The van der Waals surface area contributed by atoms with Crippen LogP contribution in [0.2, 0.25) is 0 Å². The molecule has 2 N–H and O–H groups in total. The number of rotatable bonds is 7. The number of thioether (sulfide) groups is 1. The van der Waals surface area contributed by atoms with Crippen molar-refractivity contribution in [3.63, 3.8) is 0 Å². The molecule has 4 nitrogen and oxygen atoms in total. The number of nitrogens with one attached hydrogen (secondary N) is 2. The van der Waals surface area contributed by atoms with Gasteiger partial charge in [-0.1, -0.05) is 60.3 Å². The smallest absolute Gasteiger partial charge is 0.230 e. The molecule has 5 heteroatoms. The zero-order chi connectivity index (χ0) is 20.1. The van der Waals surface area contributed by atoms with Gasteiger partial charge in [-0.25, -0.2) is 4.98 Å². The van der Waals surface area contributed by atoms with Crippen LogP contribution in [-0.4, -0.2) is 21.6 Å². The van der Waals surface area contributed by atoms with Gasteiger partial charge in [-0.05, 0) is 49.9 Å². The van der Waals surface area contributed by atoms with Crippen molar-refractivity contribution in [3.8, 4) is 0 Å². The molecular weight excluding hydrogens is 366 g/mol. The Kier molecular flexibility index (Phi) is 6.57.